The number of aryl methyl sites for hydroxylation is 4. The van der Waals surface area contributed by atoms with Gasteiger partial charge in [0.05, 0.1) is 11.0 Å². The number of imidazole rings is 1. The maximum Gasteiger partial charge on any atom is 0.141 e. The van der Waals surface area contributed by atoms with Crippen LogP contribution < -0.4 is 5.73 Å². The molecule has 3 nitrogen and oxygen atoms in total. The molecule has 0 atom stereocenters. The molecular formula is C19H23N3. The molecule has 22 heavy (non-hydrogen) atoms. The molecule has 1 aromatic heterocycles. The summed E-state index contributed by atoms with van der Waals surface area (Å²) in [7, 11) is 0. The van der Waals surface area contributed by atoms with E-state index in [9.17, 15) is 0 Å². The summed E-state index contributed by atoms with van der Waals surface area (Å²) in [4.78, 5) is 4.89. The van der Waals surface area contributed by atoms with Crippen molar-refractivity contribution in [2.45, 2.75) is 33.7 Å². The maximum atomic E-state index is 5.72. The Kier molecular flexibility index (Phi) is 3.99. The zero-order valence-corrected chi connectivity index (χ0v) is 13.6. The van der Waals surface area contributed by atoms with E-state index in [0.29, 0.717) is 6.54 Å². The number of nitrogens with zero attached hydrogens (tertiary/aromatic N) is 2. The second kappa shape index (κ2) is 5.93. The van der Waals surface area contributed by atoms with Crippen molar-refractivity contribution < 1.29 is 0 Å². The largest absolute Gasteiger partial charge is 0.330 e. The molecule has 0 saturated heterocycles. The van der Waals surface area contributed by atoms with Crippen LogP contribution in [0.5, 0.6) is 0 Å². The van der Waals surface area contributed by atoms with E-state index in [1.165, 1.54) is 22.2 Å². The van der Waals surface area contributed by atoms with Gasteiger partial charge in [-0.2, -0.15) is 0 Å². The summed E-state index contributed by atoms with van der Waals surface area (Å²) in [6.07, 6.45) is 0.956. The van der Waals surface area contributed by atoms with Gasteiger partial charge in [-0.15, -0.1) is 0 Å². The van der Waals surface area contributed by atoms with E-state index in [1.807, 2.05) is 0 Å². The van der Waals surface area contributed by atoms with Crippen molar-refractivity contribution in [2.75, 3.05) is 6.54 Å². The molecule has 0 saturated carbocycles. The van der Waals surface area contributed by atoms with Crippen molar-refractivity contribution in [3.05, 3.63) is 53.1 Å². The van der Waals surface area contributed by atoms with Crippen LogP contribution in [0.25, 0.3) is 22.4 Å². The van der Waals surface area contributed by atoms with Crippen LogP contribution in [-0.2, 0) is 6.54 Å². The summed E-state index contributed by atoms with van der Waals surface area (Å²) < 4.78 is 2.30. The van der Waals surface area contributed by atoms with E-state index in [4.69, 9.17) is 10.7 Å². The quantitative estimate of drug-likeness (QED) is 0.790. The van der Waals surface area contributed by atoms with Gasteiger partial charge in [-0.25, -0.2) is 4.98 Å². The van der Waals surface area contributed by atoms with Crippen LogP contribution >= 0.6 is 0 Å². The van der Waals surface area contributed by atoms with Gasteiger partial charge in [0.1, 0.15) is 5.82 Å². The summed E-state index contributed by atoms with van der Waals surface area (Å²) in [5, 5.41) is 0. The minimum absolute atomic E-state index is 0.692. The summed E-state index contributed by atoms with van der Waals surface area (Å²) in [5.74, 6) is 1.04. The summed E-state index contributed by atoms with van der Waals surface area (Å²) >= 11 is 0. The first kappa shape index (κ1) is 14.8. The zero-order valence-electron chi connectivity index (χ0n) is 13.6. The summed E-state index contributed by atoms with van der Waals surface area (Å²) in [6.45, 7) is 7.99. The molecule has 0 amide bonds. The maximum absolute atomic E-state index is 5.72. The highest BCUT2D eigenvalue weighted by Crippen LogP contribution is 2.27. The number of hydrogen-bond donors (Lipinski definition) is 1. The first-order chi connectivity index (χ1) is 10.6. The van der Waals surface area contributed by atoms with Gasteiger partial charge >= 0.3 is 0 Å². The van der Waals surface area contributed by atoms with Crippen molar-refractivity contribution >= 4 is 11.0 Å². The Morgan fingerprint density at radius 2 is 1.68 bits per heavy atom. The van der Waals surface area contributed by atoms with Gasteiger partial charge in [-0.1, -0.05) is 29.8 Å². The molecular weight excluding hydrogens is 270 g/mol. The van der Waals surface area contributed by atoms with Crippen LogP contribution in [0, 0.1) is 20.8 Å². The van der Waals surface area contributed by atoms with Gasteiger partial charge in [0, 0.05) is 12.1 Å². The average Bonchev–Trinajstić information content (AvgIpc) is 2.84. The van der Waals surface area contributed by atoms with E-state index < -0.39 is 0 Å². The van der Waals surface area contributed by atoms with Crippen molar-refractivity contribution in [3.63, 3.8) is 0 Å². The second-order valence-electron chi connectivity index (χ2n) is 6.02. The Morgan fingerprint density at radius 3 is 2.36 bits per heavy atom. The normalized spacial score (nSPS) is 11.3. The fraction of sp³-hybridized carbons (Fsp3) is 0.316. The molecule has 0 unspecified atom stereocenters. The van der Waals surface area contributed by atoms with Crippen LogP contribution in [0.15, 0.2) is 36.4 Å². The van der Waals surface area contributed by atoms with Crippen molar-refractivity contribution in [2.24, 2.45) is 5.73 Å². The number of hydrogen-bond acceptors (Lipinski definition) is 2. The van der Waals surface area contributed by atoms with E-state index >= 15 is 0 Å². The molecule has 0 spiro atoms. The molecule has 114 valence electrons. The lowest BCUT2D eigenvalue weighted by Gasteiger charge is -2.09. The lowest BCUT2D eigenvalue weighted by Crippen LogP contribution is -2.07. The number of rotatable bonds is 4. The van der Waals surface area contributed by atoms with Gasteiger partial charge in [-0.3, -0.25) is 0 Å². The smallest absolute Gasteiger partial charge is 0.141 e. The fourth-order valence-electron chi connectivity index (χ4n) is 2.78. The van der Waals surface area contributed by atoms with Crippen molar-refractivity contribution in [3.8, 4) is 11.4 Å². The van der Waals surface area contributed by atoms with Gasteiger partial charge in [0.25, 0.3) is 0 Å². The lowest BCUT2D eigenvalue weighted by molar-refractivity contribution is 0.671. The van der Waals surface area contributed by atoms with Crippen LogP contribution in [0.3, 0.4) is 0 Å². The van der Waals surface area contributed by atoms with E-state index in [1.54, 1.807) is 0 Å². The lowest BCUT2D eigenvalue weighted by atomic mass is 10.1. The number of nitrogens with two attached hydrogens (primary N) is 1. The average molecular weight is 293 g/mol. The molecule has 0 fully saturated rings. The highest BCUT2D eigenvalue weighted by atomic mass is 15.1. The van der Waals surface area contributed by atoms with E-state index in [2.05, 4.69) is 61.7 Å². The Hall–Kier alpha value is -2.13. The molecule has 0 aliphatic heterocycles. The van der Waals surface area contributed by atoms with E-state index in [0.717, 1.165) is 29.9 Å². The standard InChI is InChI=1S/C19H23N3/c1-13-5-7-16(8-6-13)19-21-17-11-14(2)15(3)12-18(17)22(19)10-4-9-20/h5-8,11-12H,4,9-10,20H2,1-3H3. The predicted octanol–water partition coefficient (Wildman–Crippen LogP) is 3.98. The highest BCUT2D eigenvalue weighted by molar-refractivity contribution is 5.82. The Morgan fingerprint density at radius 1 is 1.00 bits per heavy atom. The van der Waals surface area contributed by atoms with E-state index in [-0.39, 0.29) is 0 Å². The van der Waals surface area contributed by atoms with Crippen molar-refractivity contribution in [1.82, 2.24) is 9.55 Å². The summed E-state index contributed by atoms with van der Waals surface area (Å²) in [5.41, 5.74) is 13.0. The molecule has 0 radical (unpaired) electrons. The number of fused-ring (bicyclic) bond motifs is 1. The number of benzene rings is 2. The molecule has 3 aromatic rings. The minimum atomic E-state index is 0.692. The van der Waals surface area contributed by atoms with Crippen LogP contribution in [0.2, 0.25) is 0 Å². The Bertz CT molecular complexity index is 798. The summed E-state index contributed by atoms with van der Waals surface area (Å²) in [6, 6.07) is 13.0. The van der Waals surface area contributed by atoms with Crippen LogP contribution in [-0.4, -0.2) is 16.1 Å². The molecule has 0 bridgehead atoms. The van der Waals surface area contributed by atoms with Gasteiger partial charge in [-0.05, 0) is 57.0 Å². The molecule has 1 heterocycles. The molecule has 3 heteroatoms. The molecule has 0 aliphatic carbocycles. The fourth-order valence-corrected chi connectivity index (χ4v) is 2.78. The van der Waals surface area contributed by atoms with Crippen LogP contribution in [0.1, 0.15) is 23.1 Å². The SMILES string of the molecule is Cc1ccc(-c2nc3cc(C)c(C)cc3n2CCCN)cc1. The Labute approximate surface area is 131 Å². The zero-order chi connectivity index (χ0) is 15.7. The third kappa shape index (κ3) is 2.64. The second-order valence-corrected chi connectivity index (χ2v) is 6.02. The molecule has 2 aromatic carbocycles. The first-order valence-corrected chi connectivity index (χ1v) is 7.84. The van der Waals surface area contributed by atoms with Crippen LogP contribution in [0.4, 0.5) is 0 Å². The molecule has 2 N–H and O–H groups in total. The third-order valence-electron chi connectivity index (χ3n) is 4.26. The third-order valence-corrected chi connectivity index (χ3v) is 4.26. The van der Waals surface area contributed by atoms with Gasteiger partial charge < -0.3 is 10.3 Å². The monoisotopic (exact) mass is 293 g/mol. The minimum Gasteiger partial charge on any atom is -0.330 e. The van der Waals surface area contributed by atoms with Gasteiger partial charge in [0.15, 0.2) is 0 Å². The molecule has 0 aliphatic rings. The van der Waals surface area contributed by atoms with Gasteiger partial charge in [0.2, 0.25) is 0 Å². The Balaban J connectivity index is 2.21. The number of aromatic nitrogens is 2. The highest BCUT2D eigenvalue weighted by Gasteiger charge is 2.13. The first-order valence-electron chi connectivity index (χ1n) is 7.84. The topological polar surface area (TPSA) is 43.8 Å². The van der Waals surface area contributed by atoms with Crippen molar-refractivity contribution in [1.29, 1.82) is 0 Å². The molecule has 3 rings (SSSR count). The predicted molar refractivity (Wildman–Crippen MR) is 93.1 cm³/mol.